The number of rotatable bonds is 7. The van der Waals surface area contributed by atoms with E-state index >= 15 is 4.39 Å². The van der Waals surface area contributed by atoms with Crippen molar-refractivity contribution in [2.45, 2.75) is 51.8 Å². The number of alkyl halides is 3. The molecule has 0 aliphatic heterocycles. The van der Waals surface area contributed by atoms with Crippen molar-refractivity contribution >= 4 is 5.57 Å². The van der Waals surface area contributed by atoms with Crippen LogP contribution in [-0.4, -0.2) is 6.36 Å². The summed E-state index contributed by atoms with van der Waals surface area (Å²) in [5.41, 5.74) is 4.40. The van der Waals surface area contributed by atoms with Crippen LogP contribution in [0.2, 0.25) is 0 Å². The Hall–Kier alpha value is -3.15. The minimum atomic E-state index is -4.78. The van der Waals surface area contributed by atoms with E-state index in [0.29, 0.717) is 35.1 Å². The van der Waals surface area contributed by atoms with Crippen molar-refractivity contribution in [1.29, 1.82) is 0 Å². The molecule has 0 saturated heterocycles. The largest absolute Gasteiger partial charge is 0.573 e. The topological polar surface area (TPSA) is 9.23 Å². The summed E-state index contributed by atoms with van der Waals surface area (Å²) in [4.78, 5) is 0. The molecule has 0 unspecified atom stereocenters. The average molecular weight is 472 g/mol. The predicted molar refractivity (Wildman–Crippen MR) is 124 cm³/mol. The molecule has 0 spiro atoms. The Morgan fingerprint density at radius 1 is 0.882 bits per heavy atom. The maximum absolute atomic E-state index is 15.3. The molecule has 34 heavy (non-hydrogen) atoms. The number of benzene rings is 3. The van der Waals surface area contributed by atoms with Crippen LogP contribution in [0, 0.1) is 11.6 Å². The van der Waals surface area contributed by atoms with Gasteiger partial charge < -0.3 is 4.74 Å². The van der Waals surface area contributed by atoms with Crippen molar-refractivity contribution in [2.24, 2.45) is 0 Å². The van der Waals surface area contributed by atoms with Crippen LogP contribution in [0.5, 0.6) is 5.75 Å². The second-order valence-electron chi connectivity index (χ2n) is 8.52. The van der Waals surface area contributed by atoms with Crippen LogP contribution < -0.4 is 4.74 Å². The monoisotopic (exact) mass is 472 g/mol. The predicted octanol–water partition coefficient (Wildman–Crippen LogP) is 8.45. The lowest BCUT2D eigenvalue weighted by molar-refractivity contribution is -0.274. The van der Waals surface area contributed by atoms with Crippen LogP contribution in [0.1, 0.15) is 48.4 Å². The fraction of sp³-hybridized carbons (Fsp3) is 0.286. The van der Waals surface area contributed by atoms with Gasteiger partial charge in [0, 0.05) is 11.1 Å². The molecule has 0 aromatic heterocycles. The van der Waals surface area contributed by atoms with Gasteiger partial charge in [0.05, 0.1) is 0 Å². The van der Waals surface area contributed by atoms with Crippen molar-refractivity contribution in [1.82, 2.24) is 0 Å². The molecule has 1 nitrogen and oxygen atoms in total. The van der Waals surface area contributed by atoms with Crippen molar-refractivity contribution < 1.29 is 26.7 Å². The molecule has 1 aliphatic rings. The highest BCUT2D eigenvalue weighted by molar-refractivity contribution is 5.74. The third-order valence-electron chi connectivity index (χ3n) is 6.12. The van der Waals surface area contributed by atoms with Crippen molar-refractivity contribution in [3.05, 3.63) is 94.6 Å². The second-order valence-corrected chi connectivity index (χ2v) is 8.52. The Bertz CT molecular complexity index is 1190. The summed E-state index contributed by atoms with van der Waals surface area (Å²) in [5.74, 6) is -1.04. The molecule has 0 radical (unpaired) electrons. The third-order valence-corrected chi connectivity index (χ3v) is 6.12. The second kappa shape index (κ2) is 10.00. The van der Waals surface area contributed by atoms with Gasteiger partial charge in [0.25, 0.3) is 0 Å². The first-order valence-corrected chi connectivity index (χ1v) is 11.4. The van der Waals surface area contributed by atoms with Crippen molar-refractivity contribution in [3.8, 4) is 16.9 Å². The normalized spacial score (nSPS) is 13.4. The maximum Gasteiger partial charge on any atom is 0.573 e. The molecule has 0 fully saturated rings. The molecule has 0 bridgehead atoms. The standard InChI is InChI=1S/C28H25F5O/c1-2-3-4-5-18-6-13-23(26(29)16-18)20-9-15-25-21(17-20)10-14-24(27(25)30)19-7-11-22(12-8-19)34-28(31,32)33/h6-14,16H,2-5,15,17H2,1H3. The lowest BCUT2D eigenvalue weighted by atomic mass is 9.85. The van der Waals surface area contributed by atoms with Gasteiger partial charge in [0.2, 0.25) is 0 Å². The van der Waals surface area contributed by atoms with E-state index in [0.717, 1.165) is 54.5 Å². The molecule has 1 aliphatic carbocycles. The van der Waals surface area contributed by atoms with Crippen LogP contribution in [-0.2, 0) is 19.3 Å². The van der Waals surface area contributed by atoms with Crippen LogP contribution in [0.4, 0.5) is 22.0 Å². The highest BCUT2D eigenvalue weighted by Crippen LogP contribution is 2.35. The first-order chi connectivity index (χ1) is 16.2. The SMILES string of the molecule is CCCCCc1ccc(C2=CCc3c(ccc(-c4ccc(OC(F)(F)F)cc4)c3F)C2)c(F)c1. The van der Waals surface area contributed by atoms with Crippen LogP contribution in [0.15, 0.2) is 60.7 Å². The molecule has 3 aromatic carbocycles. The molecule has 6 heteroatoms. The number of allylic oxidation sites excluding steroid dienone is 2. The van der Waals surface area contributed by atoms with E-state index in [4.69, 9.17) is 0 Å². The molecular weight excluding hydrogens is 447 g/mol. The summed E-state index contributed by atoms with van der Waals surface area (Å²) >= 11 is 0. The molecule has 0 amide bonds. The minimum Gasteiger partial charge on any atom is -0.406 e. The Labute approximate surface area is 195 Å². The van der Waals surface area contributed by atoms with Crippen LogP contribution >= 0.6 is 0 Å². The summed E-state index contributed by atoms with van der Waals surface area (Å²) in [6.45, 7) is 2.13. The first-order valence-electron chi connectivity index (χ1n) is 11.4. The van der Waals surface area contributed by atoms with Gasteiger partial charge in [-0.1, -0.05) is 62.2 Å². The van der Waals surface area contributed by atoms with Crippen molar-refractivity contribution in [2.75, 3.05) is 0 Å². The van der Waals surface area contributed by atoms with E-state index in [1.165, 1.54) is 12.1 Å². The minimum absolute atomic E-state index is 0.262. The Balaban J connectivity index is 1.53. The molecule has 0 saturated carbocycles. The lowest BCUT2D eigenvalue weighted by Crippen LogP contribution is -2.16. The van der Waals surface area contributed by atoms with Gasteiger partial charge in [0.1, 0.15) is 17.4 Å². The van der Waals surface area contributed by atoms with Crippen LogP contribution in [0.3, 0.4) is 0 Å². The molecule has 3 aromatic rings. The van der Waals surface area contributed by atoms with Crippen LogP contribution in [0.25, 0.3) is 16.7 Å². The zero-order chi connectivity index (χ0) is 24.3. The van der Waals surface area contributed by atoms with E-state index < -0.39 is 12.2 Å². The highest BCUT2D eigenvalue weighted by Gasteiger charge is 2.31. The summed E-state index contributed by atoms with van der Waals surface area (Å²) < 4.78 is 71.1. The smallest absolute Gasteiger partial charge is 0.406 e. The van der Waals surface area contributed by atoms with E-state index in [9.17, 15) is 17.6 Å². The van der Waals surface area contributed by atoms with Crippen molar-refractivity contribution in [3.63, 3.8) is 0 Å². The Kier molecular flexibility index (Phi) is 7.05. The quantitative estimate of drug-likeness (QED) is 0.248. The number of unbranched alkanes of at least 4 members (excludes halogenated alkanes) is 2. The molecular formula is C28H25F5O. The Morgan fingerprint density at radius 3 is 2.29 bits per heavy atom. The summed E-state index contributed by atoms with van der Waals surface area (Å²) in [6, 6.07) is 13.9. The van der Waals surface area contributed by atoms with Gasteiger partial charge in [0.15, 0.2) is 0 Å². The van der Waals surface area contributed by atoms with Gasteiger partial charge >= 0.3 is 6.36 Å². The number of fused-ring (bicyclic) bond motifs is 1. The first kappa shape index (κ1) is 24.0. The molecule has 178 valence electrons. The van der Waals surface area contributed by atoms with E-state index in [2.05, 4.69) is 11.7 Å². The number of halogens is 5. The number of ether oxygens (including phenoxy) is 1. The summed E-state index contributed by atoms with van der Waals surface area (Å²) in [7, 11) is 0. The molecule has 0 atom stereocenters. The van der Waals surface area contributed by atoms with Gasteiger partial charge in [-0.2, -0.15) is 0 Å². The fourth-order valence-corrected chi connectivity index (χ4v) is 4.37. The zero-order valence-corrected chi connectivity index (χ0v) is 18.8. The molecule has 0 heterocycles. The van der Waals surface area contributed by atoms with Gasteiger partial charge in [-0.15, -0.1) is 13.2 Å². The number of aryl methyl sites for hydroxylation is 1. The molecule has 0 N–H and O–H groups in total. The van der Waals surface area contributed by atoms with E-state index in [1.54, 1.807) is 18.2 Å². The highest BCUT2D eigenvalue weighted by atomic mass is 19.4. The van der Waals surface area contributed by atoms with Gasteiger partial charge in [-0.25, -0.2) is 8.78 Å². The zero-order valence-electron chi connectivity index (χ0n) is 18.8. The Morgan fingerprint density at radius 2 is 1.62 bits per heavy atom. The third kappa shape index (κ3) is 5.49. The summed E-state index contributed by atoms with van der Waals surface area (Å²) in [6.07, 6.45) is 1.92. The fourth-order valence-electron chi connectivity index (χ4n) is 4.37. The van der Waals surface area contributed by atoms with E-state index in [1.807, 2.05) is 18.2 Å². The summed E-state index contributed by atoms with van der Waals surface area (Å²) in [5, 5.41) is 0. The van der Waals surface area contributed by atoms with E-state index in [-0.39, 0.29) is 11.6 Å². The number of hydrogen-bond acceptors (Lipinski definition) is 1. The number of hydrogen-bond donors (Lipinski definition) is 0. The molecule has 4 rings (SSSR count). The van der Waals surface area contributed by atoms with Gasteiger partial charge in [-0.3, -0.25) is 0 Å². The maximum atomic E-state index is 15.3. The lowest BCUT2D eigenvalue weighted by Gasteiger charge is -2.20. The average Bonchev–Trinajstić information content (AvgIpc) is 2.79. The van der Waals surface area contributed by atoms with Gasteiger partial charge in [-0.05, 0) is 71.7 Å².